The number of amides is 1. The van der Waals surface area contributed by atoms with E-state index in [0.717, 1.165) is 25.9 Å². The lowest BCUT2D eigenvalue weighted by molar-refractivity contribution is -0.938. The molecule has 2 aromatic rings. The summed E-state index contributed by atoms with van der Waals surface area (Å²) in [6, 6.07) is 11.6. The smallest absolute Gasteiger partial charge is 0.408 e. The molecule has 0 radical (unpaired) electrons. The maximum atomic E-state index is 13.4. The second kappa shape index (κ2) is 11.6. The number of thiophene rings is 1. The maximum absolute atomic E-state index is 13.4. The van der Waals surface area contributed by atoms with Crippen molar-refractivity contribution in [1.82, 2.24) is 5.32 Å². The minimum Gasteiger partial charge on any atom is -1.00 e. The fourth-order valence-corrected chi connectivity index (χ4v) is 5.96. The number of nitrogens with zero attached hydrogens (tertiary/aromatic N) is 1. The van der Waals surface area contributed by atoms with E-state index in [1.54, 1.807) is 45.0 Å². The number of ketones is 1. The molecular formula is C26H32BrClN2O5S. The van der Waals surface area contributed by atoms with Crippen LogP contribution in [-0.4, -0.2) is 60.2 Å². The zero-order valence-corrected chi connectivity index (χ0v) is 23.8. The van der Waals surface area contributed by atoms with E-state index in [2.05, 4.69) is 5.32 Å². The van der Waals surface area contributed by atoms with Gasteiger partial charge in [-0.25, -0.2) is 9.59 Å². The van der Waals surface area contributed by atoms with Gasteiger partial charge in [0.2, 0.25) is 5.78 Å². The quantitative estimate of drug-likeness (QED) is 0.299. The van der Waals surface area contributed by atoms with E-state index in [-0.39, 0.29) is 34.8 Å². The fraction of sp³-hybridized carbons (Fsp3) is 0.500. The first-order valence-corrected chi connectivity index (χ1v) is 13.1. The molecule has 0 aliphatic carbocycles. The van der Waals surface area contributed by atoms with Crippen molar-refractivity contribution in [2.45, 2.75) is 51.4 Å². The van der Waals surface area contributed by atoms with E-state index >= 15 is 0 Å². The highest BCUT2D eigenvalue weighted by Crippen LogP contribution is 2.37. The lowest BCUT2D eigenvalue weighted by Crippen LogP contribution is -3.00. The minimum atomic E-state index is -0.982. The Morgan fingerprint density at radius 2 is 1.78 bits per heavy atom. The number of hydrogen-bond acceptors (Lipinski definition) is 6. The summed E-state index contributed by atoms with van der Waals surface area (Å²) in [5.74, 6) is -0.195. The van der Waals surface area contributed by atoms with E-state index in [4.69, 9.17) is 21.1 Å². The van der Waals surface area contributed by atoms with Gasteiger partial charge in [0.1, 0.15) is 18.7 Å². The molecule has 7 nitrogen and oxygen atoms in total. The summed E-state index contributed by atoms with van der Waals surface area (Å²) in [5.41, 5.74) is -0.0701. The molecule has 36 heavy (non-hydrogen) atoms. The number of esters is 1. The Hall–Kier alpha value is -1.94. The van der Waals surface area contributed by atoms with Crippen LogP contribution < -0.4 is 22.3 Å². The van der Waals surface area contributed by atoms with Gasteiger partial charge in [-0.15, -0.1) is 11.3 Å². The molecule has 3 aliphatic heterocycles. The summed E-state index contributed by atoms with van der Waals surface area (Å²) in [4.78, 5) is 39.4. The summed E-state index contributed by atoms with van der Waals surface area (Å²) < 4.78 is 12.6. The van der Waals surface area contributed by atoms with Gasteiger partial charge >= 0.3 is 12.1 Å². The molecule has 1 aromatic heterocycles. The Kier molecular flexibility index (Phi) is 9.25. The molecule has 5 rings (SSSR count). The highest BCUT2D eigenvalue weighted by molar-refractivity contribution is 7.18. The van der Waals surface area contributed by atoms with Crippen LogP contribution in [0.2, 0.25) is 4.34 Å². The summed E-state index contributed by atoms with van der Waals surface area (Å²) in [6.45, 7) is 8.05. The molecule has 1 aromatic carbocycles. The van der Waals surface area contributed by atoms with Crippen molar-refractivity contribution in [2.75, 3.05) is 26.2 Å². The van der Waals surface area contributed by atoms with Crippen LogP contribution in [0.3, 0.4) is 0 Å². The number of rotatable bonds is 7. The van der Waals surface area contributed by atoms with E-state index in [0.29, 0.717) is 32.3 Å². The van der Waals surface area contributed by atoms with E-state index in [9.17, 15) is 14.4 Å². The number of Topliss-reactive ketones (excluding diaryl/α,β-unsaturated/α-hetero) is 1. The van der Waals surface area contributed by atoms with Crippen molar-refractivity contribution in [2.24, 2.45) is 5.92 Å². The average Bonchev–Trinajstić information content (AvgIpc) is 3.24. The third-order valence-electron chi connectivity index (χ3n) is 6.67. The number of quaternary nitrogens is 1. The van der Waals surface area contributed by atoms with Crippen molar-refractivity contribution in [3.05, 3.63) is 57.2 Å². The summed E-state index contributed by atoms with van der Waals surface area (Å²) in [6.07, 6.45) is 0.801. The van der Waals surface area contributed by atoms with Crippen molar-refractivity contribution in [3.63, 3.8) is 0 Å². The van der Waals surface area contributed by atoms with Crippen LogP contribution in [-0.2, 0) is 14.3 Å². The number of benzene rings is 1. The van der Waals surface area contributed by atoms with Crippen molar-refractivity contribution in [1.29, 1.82) is 0 Å². The zero-order chi connectivity index (χ0) is 25.2. The lowest BCUT2D eigenvalue weighted by Gasteiger charge is -2.51. The van der Waals surface area contributed by atoms with Gasteiger partial charge in [-0.05, 0) is 38.5 Å². The van der Waals surface area contributed by atoms with E-state index < -0.39 is 23.7 Å². The van der Waals surface area contributed by atoms with E-state index in [1.165, 1.54) is 11.3 Å². The van der Waals surface area contributed by atoms with Gasteiger partial charge in [-0.2, -0.15) is 0 Å². The fourth-order valence-electron chi connectivity index (χ4n) is 4.99. The van der Waals surface area contributed by atoms with Crippen LogP contribution >= 0.6 is 22.9 Å². The predicted molar refractivity (Wildman–Crippen MR) is 135 cm³/mol. The number of nitrogens with one attached hydrogen (secondary N) is 1. The molecular weight excluding hydrogens is 568 g/mol. The van der Waals surface area contributed by atoms with Gasteiger partial charge in [-0.3, -0.25) is 4.79 Å². The molecule has 1 amide bonds. The first-order chi connectivity index (χ1) is 16.5. The zero-order valence-electron chi connectivity index (χ0n) is 20.7. The maximum Gasteiger partial charge on any atom is 0.408 e. The number of halogens is 2. The van der Waals surface area contributed by atoms with Crippen molar-refractivity contribution in [3.8, 4) is 0 Å². The van der Waals surface area contributed by atoms with Crippen LogP contribution in [0, 0.1) is 5.92 Å². The van der Waals surface area contributed by atoms with Crippen LogP contribution in [0.1, 0.15) is 54.9 Å². The normalized spacial score (nSPS) is 23.8. The van der Waals surface area contributed by atoms with Crippen LogP contribution in [0.25, 0.3) is 0 Å². The molecule has 0 spiro atoms. The Labute approximate surface area is 231 Å². The standard InChI is InChI=1S/C26H31ClN2O5S.BrH/c1-26(2,3)34-25(32)28-23(18-7-5-4-6-8-18)24(31)33-20-16-29(13-11-17(20)12-14-29)15-19(30)21-9-10-22(27)35-21;/h4-10,17,20,23H,11-16H2,1-3H3;1H/t17?,20-,23?,29?;/m0./s1. The molecule has 3 aliphatic rings. The number of alkyl carbamates (subject to hydrolysis) is 1. The van der Waals surface area contributed by atoms with Crippen LogP contribution in [0.4, 0.5) is 4.79 Å². The number of piperidine rings is 3. The Bertz CT molecular complexity index is 1080. The van der Waals surface area contributed by atoms with Gasteiger partial charge in [-0.1, -0.05) is 41.9 Å². The first kappa shape index (κ1) is 28.6. The van der Waals surface area contributed by atoms with Gasteiger partial charge in [0.05, 0.1) is 22.3 Å². The predicted octanol–water partition coefficient (Wildman–Crippen LogP) is 2.01. The Morgan fingerprint density at radius 1 is 1.11 bits per heavy atom. The monoisotopic (exact) mass is 598 g/mol. The number of fused-ring (bicyclic) bond motifs is 3. The number of hydrogen-bond donors (Lipinski definition) is 1. The Balaban J connectivity index is 0.00000361. The van der Waals surface area contributed by atoms with Crippen molar-refractivity contribution < 1.29 is 45.3 Å². The van der Waals surface area contributed by atoms with Gasteiger partial charge in [0.15, 0.2) is 12.1 Å². The average molecular weight is 600 g/mol. The molecule has 10 heteroatoms. The molecule has 2 bridgehead atoms. The number of carbonyl (C=O) groups is 3. The third kappa shape index (κ3) is 7.09. The minimum absolute atomic E-state index is 0. The summed E-state index contributed by atoms with van der Waals surface area (Å²) in [5, 5.41) is 2.68. The largest absolute Gasteiger partial charge is 1.00 e. The second-order valence-electron chi connectivity index (χ2n) is 10.5. The molecule has 1 N–H and O–H groups in total. The van der Waals surface area contributed by atoms with E-state index in [1.807, 2.05) is 18.2 Å². The highest BCUT2D eigenvalue weighted by Gasteiger charge is 2.49. The van der Waals surface area contributed by atoms with Crippen molar-refractivity contribution >= 4 is 40.8 Å². The van der Waals surface area contributed by atoms with Crippen LogP contribution in [0.5, 0.6) is 0 Å². The molecule has 0 saturated carbocycles. The molecule has 1 unspecified atom stereocenters. The van der Waals surface area contributed by atoms with Gasteiger partial charge in [0, 0.05) is 18.8 Å². The summed E-state index contributed by atoms with van der Waals surface area (Å²) >= 11 is 7.32. The number of carbonyl (C=O) groups excluding carboxylic acids is 3. The molecule has 196 valence electrons. The Morgan fingerprint density at radius 3 is 2.36 bits per heavy atom. The number of ether oxygens (including phenoxy) is 2. The lowest BCUT2D eigenvalue weighted by atomic mass is 9.83. The molecule has 4 heterocycles. The van der Waals surface area contributed by atoms with Gasteiger partial charge in [0.25, 0.3) is 0 Å². The highest BCUT2D eigenvalue weighted by atomic mass is 79.9. The summed E-state index contributed by atoms with van der Waals surface area (Å²) in [7, 11) is 0. The topological polar surface area (TPSA) is 81.7 Å². The second-order valence-corrected chi connectivity index (χ2v) is 12.2. The molecule has 3 fully saturated rings. The third-order valence-corrected chi connectivity index (χ3v) is 7.94. The molecule has 3 saturated heterocycles. The SMILES string of the molecule is CC(C)(C)OC(=O)NC(C(=O)O[C@H]1C[N+]2(CC(=O)c3ccc(Cl)s3)CCC1CC2)c1ccccc1.[Br-]. The molecule has 2 atom stereocenters. The van der Waals surface area contributed by atoms with Gasteiger partial charge < -0.3 is 36.3 Å². The van der Waals surface area contributed by atoms with Crippen LogP contribution in [0.15, 0.2) is 42.5 Å². The first-order valence-electron chi connectivity index (χ1n) is 11.9.